The fraction of sp³-hybridized carbons (Fsp3) is 0.222. The Kier molecular flexibility index (Phi) is 5.05. The smallest absolute Gasteiger partial charge is 0.169 e. The first-order valence-corrected chi connectivity index (χ1v) is 8.59. The number of benzene rings is 2. The molecule has 124 valence electrons. The van der Waals surface area contributed by atoms with Gasteiger partial charge in [0.05, 0.1) is 30.2 Å². The van der Waals surface area contributed by atoms with Crippen molar-refractivity contribution >= 4 is 28.8 Å². The largest absolute Gasteiger partial charge is 0.548 e. The number of para-hydroxylation sites is 2. The fourth-order valence-electron chi connectivity index (χ4n) is 2.37. The number of imidazole rings is 1. The number of carboxylic acid groups (broad SMARTS) is 1. The van der Waals surface area contributed by atoms with Crippen LogP contribution in [0.25, 0.3) is 11.0 Å². The van der Waals surface area contributed by atoms with Crippen LogP contribution in [0.3, 0.4) is 0 Å². The molecule has 0 unspecified atom stereocenters. The molecule has 0 bridgehead atoms. The minimum Gasteiger partial charge on any atom is -0.548 e. The summed E-state index contributed by atoms with van der Waals surface area (Å²) >= 11 is 1.47. The molecule has 0 radical (unpaired) electrons. The van der Waals surface area contributed by atoms with Crippen molar-refractivity contribution in [3.63, 3.8) is 0 Å². The van der Waals surface area contributed by atoms with Gasteiger partial charge in [0.2, 0.25) is 0 Å². The summed E-state index contributed by atoms with van der Waals surface area (Å²) in [6.45, 7) is 2.34. The van der Waals surface area contributed by atoms with E-state index in [2.05, 4.69) is 4.98 Å². The van der Waals surface area contributed by atoms with E-state index in [0.717, 1.165) is 16.8 Å². The summed E-state index contributed by atoms with van der Waals surface area (Å²) in [6, 6.07) is 15.4. The van der Waals surface area contributed by atoms with Gasteiger partial charge >= 0.3 is 0 Å². The van der Waals surface area contributed by atoms with Crippen LogP contribution >= 0.6 is 11.8 Å². The first-order chi connectivity index (χ1) is 11.6. The van der Waals surface area contributed by atoms with E-state index in [9.17, 15) is 9.90 Å². The van der Waals surface area contributed by atoms with Gasteiger partial charge in [0.15, 0.2) is 5.16 Å². The highest BCUT2D eigenvalue weighted by atomic mass is 32.2. The van der Waals surface area contributed by atoms with E-state index in [1.807, 2.05) is 55.5 Å². The lowest BCUT2D eigenvalue weighted by molar-refractivity contribution is -0.306. The molecular weight excluding hydrogens is 324 g/mol. The normalized spacial score (nSPS) is 10.9. The van der Waals surface area contributed by atoms with E-state index in [-0.39, 0.29) is 6.54 Å². The molecule has 0 saturated heterocycles. The summed E-state index contributed by atoms with van der Waals surface area (Å²) in [4.78, 5) is 15.5. The number of nitrogens with zero attached hydrogens (tertiary/aromatic N) is 2. The lowest BCUT2D eigenvalue weighted by atomic mass is 10.2. The highest BCUT2D eigenvalue weighted by Crippen LogP contribution is 2.24. The second kappa shape index (κ2) is 7.40. The third-order valence-electron chi connectivity index (χ3n) is 3.51. The van der Waals surface area contributed by atoms with Crippen LogP contribution in [0.2, 0.25) is 0 Å². The Bertz CT molecular complexity index is 843. The molecule has 0 spiro atoms. The van der Waals surface area contributed by atoms with Crippen molar-refractivity contribution in [2.24, 2.45) is 0 Å². The highest BCUT2D eigenvalue weighted by molar-refractivity contribution is 7.99. The van der Waals surface area contributed by atoms with Crippen LogP contribution in [0.15, 0.2) is 53.7 Å². The maximum Gasteiger partial charge on any atom is 0.169 e. The van der Waals surface area contributed by atoms with E-state index >= 15 is 0 Å². The van der Waals surface area contributed by atoms with Crippen LogP contribution in [0.5, 0.6) is 5.75 Å². The van der Waals surface area contributed by atoms with Gasteiger partial charge in [-0.2, -0.15) is 0 Å². The van der Waals surface area contributed by atoms with Crippen molar-refractivity contribution in [1.29, 1.82) is 0 Å². The molecule has 1 heterocycles. The van der Waals surface area contributed by atoms with Crippen LogP contribution in [-0.4, -0.2) is 27.9 Å². The van der Waals surface area contributed by atoms with Crippen LogP contribution in [0.4, 0.5) is 0 Å². The van der Waals surface area contributed by atoms with Crippen molar-refractivity contribution in [3.05, 3.63) is 54.1 Å². The van der Waals surface area contributed by atoms with Crippen LogP contribution in [0, 0.1) is 6.92 Å². The number of rotatable bonds is 7. The van der Waals surface area contributed by atoms with Gasteiger partial charge in [-0.05, 0) is 31.2 Å². The molecule has 0 aliphatic carbocycles. The number of carboxylic acids is 1. The number of carbonyl (C=O) groups excluding carboxylic acids is 1. The Hall–Kier alpha value is -2.47. The second-order valence-corrected chi connectivity index (χ2v) is 6.41. The summed E-state index contributed by atoms with van der Waals surface area (Å²) in [7, 11) is 0. The zero-order chi connectivity index (χ0) is 16.9. The van der Waals surface area contributed by atoms with Gasteiger partial charge in [0, 0.05) is 5.75 Å². The third kappa shape index (κ3) is 3.89. The summed E-state index contributed by atoms with van der Waals surface area (Å²) in [5.74, 6) is 0.366. The fourth-order valence-corrected chi connectivity index (χ4v) is 3.20. The Morgan fingerprint density at radius 2 is 1.96 bits per heavy atom. The molecule has 6 heteroatoms. The molecule has 3 aromatic rings. The number of aliphatic carboxylic acids is 1. The van der Waals surface area contributed by atoms with Crippen molar-refractivity contribution in [1.82, 2.24) is 9.55 Å². The number of hydrogen-bond acceptors (Lipinski definition) is 5. The SMILES string of the molecule is Cc1ccc(OCCSc2nc3ccccc3n2CC(=O)[O-])cc1. The van der Waals surface area contributed by atoms with Crippen molar-refractivity contribution in [3.8, 4) is 5.75 Å². The quantitative estimate of drug-likeness (QED) is 0.487. The zero-order valence-electron chi connectivity index (χ0n) is 13.3. The number of fused-ring (bicyclic) bond motifs is 1. The zero-order valence-corrected chi connectivity index (χ0v) is 14.1. The molecule has 5 nitrogen and oxygen atoms in total. The van der Waals surface area contributed by atoms with Gasteiger partial charge in [0.1, 0.15) is 5.75 Å². The molecule has 3 rings (SSSR count). The molecule has 0 amide bonds. The lowest BCUT2D eigenvalue weighted by Gasteiger charge is -2.10. The number of ether oxygens (including phenoxy) is 1. The maximum atomic E-state index is 11.0. The van der Waals surface area contributed by atoms with E-state index in [1.54, 1.807) is 4.57 Å². The Morgan fingerprint density at radius 1 is 1.21 bits per heavy atom. The van der Waals surface area contributed by atoms with Gasteiger partial charge in [-0.3, -0.25) is 0 Å². The number of aromatic nitrogens is 2. The Labute approximate surface area is 144 Å². The van der Waals surface area contributed by atoms with Gasteiger partial charge in [-0.25, -0.2) is 4.98 Å². The molecule has 0 aliphatic heterocycles. The Morgan fingerprint density at radius 3 is 2.71 bits per heavy atom. The third-order valence-corrected chi connectivity index (χ3v) is 4.45. The predicted molar refractivity (Wildman–Crippen MR) is 92.1 cm³/mol. The van der Waals surface area contributed by atoms with Crippen molar-refractivity contribution in [2.45, 2.75) is 18.6 Å². The number of thioether (sulfide) groups is 1. The number of aryl methyl sites for hydroxylation is 1. The topological polar surface area (TPSA) is 67.2 Å². The average molecular weight is 341 g/mol. The average Bonchev–Trinajstić information content (AvgIpc) is 2.91. The van der Waals surface area contributed by atoms with Crippen LogP contribution in [-0.2, 0) is 11.3 Å². The molecule has 1 aromatic heterocycles. The molecular formula is C18H17N2O3S-. The molecule has 2 aromatic carbocycles. The molecule has 0 atom stereocenters. The standard InChI is InChI=1S/C18H18N2O3S/c1-13-6-8-14(9-7-13)23-10-11-24-18-19-15-4-2-3-5-16(15)20(18)12-17(21)22/h2-9H,10-12H2,1H3,(H,21,22)/p-1. The molecule has 0 saturated carbocycles. The monoisotopic (exact) mass is 341 g/mol. The first-order valence-electron chi connectivity index (χ1n) is 7.61. The molecule has 0 N–H and O–H groups in total. The molecule has 0 aliphatic rings. The van der Waals surface area contributed by atoms with Gasteiger partial charge in [-0.15, -0.1) is 0 Å². The van der Waals surface area contributed by atoms with Crippen LogP contribution in [0.1, 0.15) is 5.56 Å². The van der Waals surface area contributed by atoms with E-state index in [1.165, 1.54) is 17.3 Å². The highest BCUT2D eigenvalue weighted by Gasteiger charge is 2.11. The van der Waals surface area contributed by atoms with Gasteiger partial charge in [-0.1, -0.05) is 41.6 Å². The van der Waals surface area contributed by atoms with E-state index < -0.39 is 5.97 Å². The van der Waals surface area contributed by atoms with Crippen molar-refractivity contribution < 1.29 is 14.6 Å². The number of hydrogen-bond donors (Lipinski definition) is 0. The lowest BCUT2D eigenvalue weighted by Crippen LogP contribution is -2.27. The summed E-state index contributed by atoms with van der Waals surface area (Å²) in [5, 5.41) is 11.7. The predicted octanol–water partition coefficient (Wildman–Crippen LogP) is 2.27. The van der Waals surface area contributed by atoms with Gasteiger partial charge in [0.25, 0.3) is 0 Å². The summed E-state index contributed by atoms with van der Waals surface area (Å²) < 4.78 is 7.36. The maximum absolute atomic E-state index is 11.0. The minimum atomic E-state index is -1.13. The summed E-state index contributed by atoms with van der Waals surface area (Å²) in [5.41, 5.74) is 2.76. The minimum absolute atomic E-state index is 0.207. The first kappa shape index (κ1) is 16.4. The van der Waals surface area contributed by atoms with E-state index in [4.69, 9.17) is 4.74 Å². The second-order valence-electron chi connectivity index (χ2n) is 5.35. The van der Waals surface area contributed by atoms with E-state index in [0.29, 0.717) is 17.5 Å². The van der Waals surface area contributed by atoms with Crippen LogP contribution < -0.4 is 9.84 Å². The van der Waals surface area contributed by atoms with Gasteiger partial charge < -0.3 is 19.2 Å². The number of carbonyl (C=O) groups is 1. The Balaban J connectivity index is 1.66. The molecule has 0 fully saturated rings. The van der Waals surface area contributed by atoms with Crippen molar-refractivity contribution in [2.75, 3.05) is 12.4 Å². The molecule has 24 heavy (non-hydrogen) atoms. The summed E-state index contributed by atoms with van der Waals surface area (Å²) in [6.07, 6.45) is 0.